The zero-order valence-corrected chi connectivity index (χ0v) is 9.55. The third-order valence-corrected chi connectivity index (χ3v) is 3.95. The van der Waals surface area contributed by atoms with E-state index >= 15 is 0 Å². The van der Waals surface area contributed by atoms with Crippen molar-refractivity contribution in [1.82, 2.24) is 5.32 Å². The van der Waals surface area contributed by atoms with Crippen LogP contribution in [0.4, 0.5) is 0 Å². The van der Waals surface area contributed by atoms with Crippen LogP contribution < -0.4 is 5.32 Å². The summed E-state index contributed by atoms with van der Waals surface area (Å²) in [5, 5.41) is 14.3. The van der Waals surface area contributed by atoms with Gasteiger partial charge < -0.3 is 10.4 Å². The summed E-state index contributed by atoms with van der Waals surface area (Å²) in [5.41, 5.74) is 0.547. The molecule has 0 spiro atoms. The smallest absolute Gasteiger partial charge is 0.250 e. The van der Waals surface area contributed by atoms with E-state index in [-0.39, 0.29) is 5.91 Å². The maximum absolute atomic E-state index is 11.8. The van der Waals surface area contributed by atoms with Crippen LogP contribution in [0.3, 0.4) is 0 Å². The van der Waals surface area contributed by atoms with Gasteiger partial charge in [0, 0.05) is 11.8 Å². The van der Waals surface area contributed by atoms with Gasteiger partial charge in [0.1, 0.15) is 0 Å². The fraction of sp³-hybridized carbons (Fsp3) is 0.727. The maximum Gasteiger partial charge on any atom is 0.250 e. The molecule has 0 saturated heterocycles. The number of thioether (sulfide) groups is 1. The number of carbonyl (C=O) groups excluding carboxylic acids is 1. The van der Waals surface area contributed by atoms with Gasteiger partial charge in [-0.3, -0.25) is 4.79 Å². The number of rotatable bonds is 2. The highest BCUT2D eigenvalue weighted by Crippen LogP contribution is 2.23. The molecule has 2 N–H and O–H groups in total. The van der Waals surface area contributed by atoms with Crippen LogP contribution in [0.25, 0.3) is 0 Å². The predicted octanol–water partition coefficient (Wildman–Crippen LogP) is 1.43. The standard InChI is InChI=1S/C11H17NO2S/c13-10-7-15-6-9(10)11(14)12-8-4-2-1-3-5-8/h6,8,10,13H,1-5,7H2,(H,12,14). The van der Waals surface area contributed by atoms with Crippen LogP contribution in [0, 0.1) is 0 Å². The van der Waals surface area contributed by atoms with Crippen molar-refractivity contribution in [3.8, 4) is 0 Å². The van der Waals surface area contributed by atoms with E-state index in [4.69, 9.17) is 0 Å². The lowest BCUT2D eigenvalue weighted by molar-refractivity contribution is -0.119. The van der Waals surface area contributed by atoms with Crippen molar-refractivity contribution in [1.29, 1.82) is 0 Å². The average Bonchev–Trinajstić information content (AvgIpc) is 2.66. The Labute approximate surface area is 94.3 Å². The highest BCUT2D eigenvalue weighted by Gasteiger charge is 2.25. The van der Waals surface area contributed by atoms with E-state index in [1.807, 2.05) is 0 Å². The molecule has 0 aromatic carbocycles. The first-order valence-corrected chi connectivity index (χ1v) is 6.63. The highest BCUT2D eigenvalue weighted by molar-refractivity contribution is 8.02. The summed E-state index contributed by atoms with van der Waals surface area (Å²) in [7, 11) is 0. The van der Waals surface area contributed by atoms with Gasteiger partial charge in [0.05, 0.1) is 11.7 Å². The molecule has 1 unspecified atom stereocenters. The summed E-state index contributed by atoms with van der Waals surface area (Å²) in [6.07, 6.45) is 5.30. The molecule has 0 radical (unpaired) electrons. The van der Waals surface area contributed by atoms with Crippen LogP contribution >= 0.6 is 11.8 Å². The lowest BCUT2D eigenvalue weighted by Gasteiger charge is -2.23. The quantitative estimate of drug-likeness (QED) is 0.750. The normalized spacial score (nSPS) is 27.5. The van der Waals surface area contributed by atoms with Crippen LogP contribution in [0.15, 0.2) is 11.0 Å². The SMILES string of the molecule is O=C(NC1CCCCC1)C1=CSCC1O. The number of hydrogen-bond acceptors (Lipinski definition) is 3. The minimum atomic E-state index is -0.571. The Kier molecular flexibility index (Phi) is 3.70. The number of nitrogens with one attached hydrogen (secondary N) is 1. The zero-order valence-electron chi connectivity index (χ0n) is 8.74. The molecule has 15 heavy (non-hydrogen) atoms. The van der Waals surface area contributed by atoms with Crippen LogP contribution in [0.2, 0.25) is 0 Å². The summed E-state index contributed by atoms with van der Waals surface area (Å²) in [5.74, 6) is 0.548. The van der Waals surface area contributed by atoms with E-state index in [2.05, 4.69) is 5.32 Å². The second kappa shape index (κ2) is 5.03. The summed E-state index contributed by atoms with van der Waals surface area (Å²) in [4.78, 5) is 11.8. The van der Waals surface area contributed by atoms with Gasteiger partial charge in [0.15, 0.2) is 0 Å². The second-order valence-electron chi connectivity index (χ2n) is 4.23. The van der Waals surface area contributed by atoms with Crippen molar-refractivity contribution >= 4 is 17.7 Å². The Morgan fingerprint density at radius 1 is 1.40 bits per heavy atom. The Bertz CT molecular complexity index is 272. The van der Waals surface area contributed by atoms with Crippen molar-refractivity contribution in [2.75, 3.05) is 5.75 Å². The van der Waals surface area contributed by atoms with Crippen molar-refractivity contribution in [3.05, 3.63) is 11.0 Å². The molecule has 0 aromatic rings. The fourth-order valence-electron chi connectivity index (χ4n) is 2.12. The molecule has 1 saturated carbocycles. The number of amides is 1. The zero-order chi connectivity index (χ0) is 10.7. The van der Waals surface area contributed by atoms with Crippen LogP contribution in [0.1, 0.15) is 32.1 Å². The van der Waals surface area contributed by atoms with Gasteiger partial charge >= 0.3 is 0 Å². The van der Waals surface area contributed by atoms with Gasteiger partial charge in [-0.1, -0.05) is 19.3 Å². The van der Waals surface area contributed by atoms with E-state index in [1.165, 1.54) is 31.0 Å². The first kappa shape index (κ1) is 11.0. The number of carbonyl (C=O) groups is 1. The number of aliphatic hydroxyl groups is 1. The third-order valence-electron chi connectivity index (χ3n) is 3.03. The summed E-state index contributed by atoms with van der Waals surface area (Å²) in [6, 6.07) is 0.324. The van der Waals surface area contributed by atoms with Gasteiger partial charge in [-0.05, 0) is 18.2 Å². The molecule has 1 amide bonds. The molecular formula is C11H17NO2S. The molecule has 3 nitrogen and oxygen atoms in total. The largest absolute Gasteiger partial charge is 0.387 e. The van der Waals surface area contributed by atoms with Gasteiger partial charge in [0.25, 0.3) is 5.91 Å². The van der Waals surface area contributed by atoms with E-state index in [0.29, 0.717) is 17.4 Å². The van der Waals surface area contributed by atoms with E-state index in [9.17, 15) is 9.90 Å². The Balaban J connectivity index is 1.85. The Morgan fingerprint density at radius 2 is 2.13 bits per heavy atom. The van der Waals surface area contributed by atoms with Crippen LogP contribution in [0.5, 0.6) is 0 Å². The van der Waals surface area contributed by atoms with Gasteiger partial charge in [-0.25, -0.2) is 0 Å². The number of hydrogen-bond donors (Lipinski definition) is 2. The maximum atomic E-state index is 11.8. The lowest BCUT2D eigenvalue weighted by atomic mass is 9.95. The van der Waals surface area contributed by atoms with Crippen molar-refractivity contribution < 1.29 is 9.90 Å². The monoisotopic (exact) mass is 227 g/mol. The molecule has 1 fully saturated rings. The van der Waals surface area contributed by atoms with Crippen molar-refractivity contribution in [2.45, 2.75) is 44.2 Å². The molecule has 1 aliphatic heterocycles. The summed E-state index contributed by atoms with van der Waals surface area (Å²) < 4.78 is 0. The molecule has 2 rings (SSSR count). The molecule has 1 atom stereocenters. The van der Waals surface area contributed by atoms with E-state index in [1.54, 1.807) is 5.41 Å². The van der Waals surface area contributed by atoms with E-state index in [0.717, 1.165) is 12.8 Å². The molecule has 2 aliphatic rings. The average molecular weight is 227 g/mol. The van der Waals surface area contributed by atoms with Gasteiger partial charge in [0.2, 0.25) is 0 Å². The van der Waals surface area contributed by atoms with Gasteiger partial charge in [-0.2, -0.15) is 0 Å². The summed E-state index contributed by atoms with van der Waals surface area (Å²) in [6.45, 7) is 0. The number of aliphatic hydroxyl groups excluding tert-OH is 1. The molecule has 1 aliphatic carbocycles. The lowest BCUT2D eigenvalue weighted by Crippen LogP contribution is -2.38. The minimum Gasteiger partial charge on any atom is -0.387 e. The second-order valence-corrected chi connectivity index (χ2v) is 5.13. The van der Waals surface area contributed by atoms with Crippen LogP contribution in [-0.4, -0.2) is 28.9 Å². The first-order valence-electron chi connectivity index (χ1n) is 5.58. The molecule has 4 heteroatoms. The van der Waals surface area contributed by atoms with Crippen molar-refractivity contribution in [3.63, 3.8) is 0 Å². The first-order chi connectivity index (χ1) is 7.27. The van der Waals surface area contributed by atoms with Crippen molar-refractivity contribution in [2.24, 2.45) is 0 Å². The Morgan fingerprint density at radius 3 is 2.73 bits per heavy atom. The summed E-state index contributed by atoms with van der Waals surface area (Å²) >= 11 is 1.51. The Hall–Kier alpha value is -0.480. The molecule has 0 bridgehead atoms. The van der Waals surface area contributed by atoms with Gasteiger partial charge in [-0.15, -0.1) is 11.8 Å². The highest BCUT2D eigenvalue weighted by atomic mass is 32.2. The third kappa shape index (κ3) is 2.75. The minimum absolute atomic E-state index is 0.0700. The molecule has 0 aromatic heterocycles. The van der Waals surface area contributed by atoms with Crippen LogP contribution in [-0.2, 0) is 4.79 Å². The van der Waals surface area contributed by atoms with E-state index < -0.39 is 6.10 Å². The molecule has 1 heterocycles. The predicted molar refractivity (Wildman–Crippen MR) is 61.6 cm³/mol. The fourth-order valence-corrected chi connectivity index (χ4v) is 3.02. The molecule has 84 valence electrons. The molecular weight excluding hydrogens is 210 g/mol. The topological polar surface area (TPSA) is 49.3 Å².